The summed E-state index contributed by atoms with van der Waals surface area (Å²) < 4.78 is 17.6. The summed E-state index contributed by atoms with van der Waals surface area (Å²) in [6, 6.07) is 1.90. The maximum atomic E-state index is 5.84. The zero-order valence-electron chi connectivity index (χ0n) is 10.5. The summed E-state index contributed by atoms with van der Waals surface area (Å²) in [6.07, 6.45) is 1.13. The first-order chi connectivity index (χ1) is 8.08. The highest BCUT2D eigenvalue weighted by Gasteiger charge is 2.29. The lowest BCUT2D eigenvalue weighted by Gasteiger charge is -2.31. The minimum absolute atomic E-state index is 0.0471. The van der Waals surface area contributed by atoms with Crippen molar-refractivity contribution in [3.8, 4) is 11.5 Å². The van der Waals surface area contributed by atoms with Gasteiger partial charge in [-0.15, -0.1) is 0 Å². The highest BCUT2D eigenvalue weighted by atomic mass is 79.9. The highest BCUT2D eigenvalue weighted by molar-refractivity contribution is 9.10. The van der Waals surface area contributed by atoms with Crippen molar-refractivity contribution >= 4 is 15.9 Å². The molecule has 0 saturated heterocycles. The van der Waals surface area contributed by atoms with E-state index in [1.165, 1.54) is 5.56 Å². The van der Waals surface area contributed by atoms with Gasteiger partial charge in [-0.1, -0.05) is 0 Å². The number of ether oxygens (including phenoxy) is 3. The molecular weight excluding hydrogens is 284 g/mol. The topological polar surface area (TPSA) is 27.7 Å². The third-order valence-corrected chi connectivity index (χ3v) is 3.98. The number of hydrogen-bond donors (Lipinski definition) is 0. The molecule has 0 saturated carbocycles. The Kier molecular flexibility index (Phi) is 3.64. The monoisotopic (exact) mass is 300 g/mol. The highest BCUT2D eigenvalue weighted by Crippen LogP contribution is 2.44. The van der Waals surface area contributed by atoms with Gasteiger partial charge in [0.1, 0.15) is 11.5 Å². The quantitative estimate of drug-likeness (QED) is 0.837. The van der Waals surface area contributed by atoms with E-state index < -0.39 is 0 Å². The van der Waals surface area contributed by atoms with Crippen LogP contribution in [0.3, 0.4) is 0 Å². The van der Waals surface area contributed by atoms with Crippen LogP contribution in [-0.4, -0.2) is 20.3 Å². The Labute approximate surface area is 110 Å². The largest absolute Gasteiger partial charge is 0.496 e. The molecule has 0 aromatic heterocycles. The SMILES string of the molecule is COc1cc(OC)c2c(c1Br)C[C@H](C)O[C@H]2C. The van der Waals surface area contributed by atoms with Crippen molar-refractivity contribution in [2.24, 2.45) is 0 Å². The first kappa shape index (κ1) is 12.7. The second kappa shape index (κ2) is 4.86. The molecular formula is C13H17BrO3. The second-order valence-corrected chi connectivity index (χ2v) is 5.07. The molecule has 0 unspecified atom stereocenters. The summed E-state index contributed by atoms with van der Waals surface area (Å²) >= 11 is 3.61. The smallest absolute Gasteiger partial charge is 0.137 e. The lowest BCUT2D eigenvalue weighted by atomic mass is 9.94. The Morgan fingerprint density at radius 2 is 1.88 bits per heavy atom. The summed E-state index contributed by atoms with van der Waals surface area (Å²) in [5.41, 5.74) is 2.35. The third kappa shape index (κ3) is 2.16. The lowest BCUT2D eigenvalue weighted by Crippen LogP contribution is -2.23. The van der Waals surface area contributed by atoms with Gasteiger partial charge in [0, 0.05) is 18.1 Å². The van der Waals surface area contributed by atoms with Crippen LogP contribution in [0.15, 0.2) is 10.5 Å². The van der Waals surface area contributed by atoms with E-state index in [9.17, 15) is 0 Å². The first-order valence-electron chi connectivity index (χ1n) is 5.67. The fraction of sp³-hybridized carbons (Fsp3) is 0.538. The van der Waals surface area contributed by atoms with E-state index in [0.29, 0.717) is 0 Å². The van der Waals surface area contributed by atoms with Crippen molar-refractivity contribution in [3.63, 3.8) is 0 Å². The van der Waals surface area contributed by atoms with E-state index in [4.69, 9.17) is 14.2 Å². The molecule has 0 spiro atoms. The van der Waals surface area contributed by atoms with Crippen molar-refractivity contribution in [2.75, 3.05) is 14.2 Å². The van der Waals surface area contributed by atoms with Gasteiger partial charge >= 0.3 is 0 Å². The number of halogens is 1. The van der Waals surface area contributed by atoms with Gasteiger partial charge in [-0.25, -0.2) is 0 Å². The fourth-order valence-electron chi connectivity index (χ4n) is 2.39. The Bertz CT molecular complexity index is 431. The molecule has 1 aromatic carbocycles. The molecule has 2 rings (SSSR count). The maximum absolute atomic E-state index is 5.84. The van der Waals surface area contributed by atoms with Crippen molar-refractivity contribution in [1.82, 2.24) is 0 Å². The van der Waals surface area contributed by atoms with Crippen LogP contribution in [0.25, 0.3) is 0 Å². The average Bonchev–Trinajstić information content (AvgIpc) is 2.30. The minimum Gasteiger partial charge on any atom is -0.496 e. The van der Waals surface area contributed by atoms with Crippen molar-refractivity contribution in [3.05, 3.63) is 21.7 Å². The normalized spacial score (nSPS) is 23.1. The van der Waals surface area contributed by atoms with E-state index in [-0.39, 0.29) is 12.2 Å². The number of benzene rings is 1. The van der Waals surface area contributed by atoms with E-state index in [1.54, 1.807) is 14.2 Å². The molecule has 1 heterocycles. The average molecular weight is 301 g/mol. The molecule has 0 fully saturated rings. The molecule has 0 N–H and O–H groups in total. The van der Waals surface area contributed by atoms with Crippen LogP contribution < -0.4 is 9.47 Å². The Hall–Kier alpha value is -0.740. The summed E-state index contributed by atoms with van der Waals surface area (Å²) in [5, 5.41) is 0. The van der Waals surface area contributed by atoms with Crippen molar-refractivity contribution < 1.29 is 14.2 Å². The van der Waals surface area contributed by atoms with Crippen LogP contribution in [0.4, 0.5) is 0 Å². The lowest BCUT2D eigenvalue weighted by molar-refractivity contribution is -0.00634. The van der Waals surface area contributed by atoms with Gasteiger partial charge in [-0.3, -0.25) is 0 Å². The van der Waals surface area contributed by atoms with E-state index in [0.717, 1.165) is 28.0 Å². The third-order valence-electron chi connectivity index (χ3n) is 3.11. The van der Waals surface area contributed by atoms with Crippen molar-refractivity contribution in [2.45, 2.75) is 32.5 Å². The Morgan fingerprint density at radius 1 is 1.24 bits per heavy atom. The standard InChI is InChI=1S/C13H17BrO3/c1-7-5-9-12(8(2)17-7)10(15-3)6-11(16-4)13(9)14/h6-8H,5H2,1-4H3/t7-,8-/m0/s1. The summed E-state index contributed by atoms with van der Waals surface area (Å²) in [7, 11) is 3.34. The minimum atomic E-state index is 0.0471. The summed E-state index contributed by atoms with van der Waals surface area (Å²) in [6.45, 7) is 4.13. The number of rotatable bonds is 2. The van der Waals surface area contributed by atoms with Gasteiger partial charge in [-0.05, 0) is 35.3 Å². The number of fused-ring (bicyclic) bond motifs is 1. The zero-order chi connectivity index (χ0) is 12.6. The van der Waals surface area contributed by atoms with E-state index in [1.807, 2.05) is 6.07 Å². The summed E-state index contributed by atoms with van der Waals surface area (Å²) in [4.78, 5) is 0. The van der Waals surface area contributed by atoms with Gasteiger partial charge < -0.3 is 14.2 Å². The Balaban J connectivity index is 2.63. The molecule has 0 amide bonds. The number of hydrogen-bond acceptors (Lipinski definition) is 3. The fourth-order valence-corrected chi connectivity index (χ4v) is 3.04. The van der Waals surface area contributed by atoms with E-state index >= 15 is 0 Å². The predicted octanol–water partition coefficient (Wildman–Crippen LogP) is 3.49. The molecule has 2 atom stereocenters. The molecule has 17 heavy (non-hydrogen) atoms. The summed E-state index contributed by atoms with van der Waals surface area (Å²) in [5.74, 6) is 1.64. The van der Waals surface area contributed by atoms with Crippen LogP contribution in [0.5, 0.6) is 11.5 Å². The molecule has 1 aliphatic heterocycles. The van der Waals surface area contributed by atoms with Gasteiger partial charge in [-0.2, -0.15) is 0 Å². The molecule has 0 radical (unpaired) electrons. The van der Waals surface area contributed by atoms with Gasteiger partial charge in [0.05, 0.1) is 30.9 Å². The maximum Gasteiger partial charge on any atom is 0.137 e. The van der Waals surface area contributed by atoms with E-state index in [2.05, 4.69) is 29.8 Å². The molecule has 1 aliphatic rings. The molecule has 0 bridgehead atoms. The molecule has 3 nitrogen and oxygen atoms in total. The molecule has 4 heteroatoms. The van der Waals surface area contributed by atoms with Gasteiger partial charge in [0.15, 0.2) is 0 Å². The number of methoxy groups -OCH3 is 2. The molecule has 94 valence electrons. The van der Waals surface area contributed by atoms with Crippen LogP contribution in [0, 0.1) is 0 Å². The van der Waals surface area contributed by atoms with Crippen LogP contribution in [0.1, 0.15) is 31.1 Å². The zero-order valence-corrected chi connectivity index (χ0v) is 12.1. The van der Waals surface area contributed by atoms with Crippen LogP contribution in [0.2, 0.25) is 0 Å². The van der Waals surface area contributed by atoms with Gasteiger partial charge in [0.2, 0.25) is 0 Å². The van der Waals surface area contributed by atoms with Gasteiger partial charge in [0.25, 0.3) is 0 Å². The van der Waals surface area contributed by atoms with Crippen molar-refractivity contribution in [1.29, 1.82) is 0 Å². The van der Waals surface area contributed by atoms with Crippen LogP contribution >= 0.6 is 15.9 Å². The molecule has 0 aliphatic carbocycles. The Morgan fingerprint density at radius 3 is 2.47 bits per heavy atom. The predicted molar refractivity (Wildman–Crippen MR) is 69.9 cm³/mol. The van der Waals surface area contributed by atoms with Crippen LogP contribution in [-0.2, 0) is 11.2 Å². The molecule has 1 aromatic rings. The second-order valence-electron chi connectivity index (χ2n) is 4.28. The first-order valence-corrected chi connectivity index (χ1v) is 6.46.